The molecule has 4 nitrogen and oxygen atoms in total. The number of Topliss-reactive ketones (excluding diaryl/α,β-unsaturated/α-hetero) is 1. The summed E-state index contributed by atoms with van der Waals surface area (Å²) in [6.07, 6.45) is 0.613. The van der Waals surface area contributed by atoms with Gasteiger partial charge in [-0.05, 0) is 42.3 Å². The smallest absolute Gasteiger partial charge is 0.167 e. The Kier molecular flexibility index (Phi) is 4.99. The Morgan fingerprint density at radius 3 is 2.50 bits per heavy atom. The largest absolute Gasteiger partial charge is 0.507 e. The van der Waals surface area contributed by atoms with Crippen molar-refractivity contribution in [3.8, 4) is 17.2 Å². The summed E-state index contributed by atoms with van der Waals surface area (Å²) in [5.41, 5.74) is 0.891. The molecule has 0 aliphatic heterocycles. The van der Waals surface area contributed by atoms with Gasteiger partial charge >= 0.3 is 0 Å². The third-order valence-corrected chi connectivity index (χ3v) is 3.35. The maximum absolute atomic E-state index is 13.2. The van der Waals surface area contributed by atoms with E-state index in [4.69, 9.17) is 9.47 Å². The number of ether oxygens (including phenoxy) is 2. The van der Waals surface area contributed by atoms with Crippen molar-refractivity contribution in [2.45, 2.75) is 12.8 Å². The van der Waals surface area contributed by atoms with Crippen molar-refractivity contribution in [3.63, 3.8) is 0 Å². The maximum Gasteiger partial charge on any atom is 0.167 e. The first-order valence-electron chi connectivity index (χ1n) is 6.77. The molecular weight excluding hydrogens is 287 g/mol. The molecule has 0 amide bonds. The molecule has 0 unspecified atom stereocenters. The van der Waals surface area contributed by atoms with Crippen molar-refractivity contribution in [1.29, 1.82) is 0 Å². The fourth-order valence-corrected chi connectivity index (χ4v) is 2.16. The van der Waals surface area contributed by atoms with E-state index >= 15 is 0 Å². The summed E-state index contributed by atoms with van der Waals surface area (Å²) in [5.74, 6) is 0.124. The molecule has 0 spiro atoms. The van der Waals surface area contributed by atoms with Gasteiger partial charge in [-0.3, -0.25) is 4.79 Å². The lowest BCUT2D eigenvalue weighted by atomic mass is 10.0. The Morgan fingerprint density at radius 2 is 1.82 bits per heavy atom. The number of methoxy groups -OCH3 is 2. The predicted octanol–water partition coefficient (Wildman–Crippen LogP) is 3.36. The van der Waals surface area contributed by atoms with Crippen LogP contribution < -0.4 is 9.47 Å². The number of aryl methyl sites for hydroxylation is 1. The van der Waals surface area contributed by atoms with Crippen LogP contribution >= 0.6 is 0 Å². The van der Waals surface area contributed by atoms with Gasteiger partial charge < -0.3 is 14.6 Å². The first-order chi connectivity index (χ1) is 10.5. The van der Waals surface area contributed by atoms with Crippen LogP contribution in [0.4, 0.5) is 4.39 Å². The Hall–Kier alpha value is -2.56. The summed E-state index contributed by atoms with van der Waals surface area (Å²) in [6, 6.07) is 8.72. The van der Waals surface area contributed by atoms with Crippen molar-refractivity contribution < 1.29 is 23.8 Å². The summed E-state index contributed by atoms with van der Waals surface area (Å²) in [6.45, 7) is 0. The minimum Gasteiger partial charge on any atom is -0.507 e. The van der Waals surface area contributed by atoms with Crippen molar-refractivity contribution in [1.82, 2.24) is 0 Å². The Morgan fingerprint density at radius 1 is 1.09 bits per heavy atom. The van der Waals surface area contributed by atoms with Crippen LogP contribution in [0.25, 0.3) is 0 Å². The lowest BCUT2D eigenvalue weighted by Crippen LogP contribution is -2.02. The molecule has 0 saturated carbocycles. The van der Waals surface area contributed by atoms with Gasteiger partial charge in [0, 0.05) is 6.42 Å². The van der Waals surface area contributed by atoms with E-state index in [1.165, 1.54) is 13.2 Å². The van der Waals surface area contributed by atoms with Gasteiger partial charge in [0.15, 0.2) is 17.3 Å². The highest BCUT2D eigenvalue weighted by atomic mass is 19.1. The summed E-state index contributed by atoms with van der Waals surface area (Å²) in [4.78, 5) is 12.1. The molecule has 1 N–H and O–H groups in total. The zero-order valence-corrected chi connectivity index (χ0v) is 12.4. The zero-order valence-electron chi connectivity index (χ0n) is 12.4. The molecule has 0 atom stereocenters. The van der Waals surface area contributed by atoms with E-state index in [1.54, 1.807) is 19.2 Å². The minimum absolute atomic E-state index is 0.000441. The van der Waals surface area contributed by atoms with Crippen LogP contribution in [0.5, 0.6) is 17.2 Å². The second-order valence-electron chi connectivity index (χ2n) is 4.77. The van der Waals surface area contributed by atoms with Gasteiger partial charge in [-0.2, -0.15) is 0 Å². The fourth-order valence-electron chi connectivity index (χ4n) is 2.16. The van der Waals surface area contributed by atoms with Crippen molar-refractivity contribution in [3.05, 3.63) is 53.3 Å². The van der Waals surface area contributed by atoms with Gasteiger partial charge in [-0.15, -0.1) is 0 Å². The number of phenolic OH excluding ortho intramolecular Hbond substituents is 1. The number of carbonyl (C=O) groups excluding carboxylic acids is 1. The summed E-state index contributed by atoms with van der Waals surface area (Å²) in [7, 11) is 3.09. The summed E-state index contributed by atoms with van der Waals surface area (Å²) >= 11 is 0. The maximum atomic E-state index is 13.2. The number of benzene rings is 2. The highest BCUT2D eigenvalue weighted by Crippen LogP contribution is 2.28. The van der Waals surface area contributed by atoms with Crippen LogP contribution in [0, 0.1) is 5.82 Å². The minimum atomic E-state index is -0.549. The molecule has 116 valence electrons. The summed E-state index contributed by atoms with van der Waals surface area (Å²) < 4.78 is 23.5. The molecule has 0 saturated heterocycles. The molecule has 2 aromatic rings. The number of phenols is 1. The molecule has 0 heterocycles. The normalized spacial score (nSPS) is 10.3. The van der Waals surface area contributed by atoms with Crippen LogP contribution in [-0.4, -0.2) is 25.1 Å². The lowest BCUT2D eigenvalue weighted by molar-refractivity contribution is 0.0979. The van der Waals surface area contributed by atoms with Crippen LogP contribution in [-0.2, 0) is 6.42 Å². The van der Waals surface area contributed by atoms with Crippen LogP contribution in [0.2, 0.25) is 0 Å². The number of carbonyl (C=O) groups is 1. The van der Waals surface area contributed by atoms with Crippen LogP contribution in [0.15, 0.2) is 36.4 Å². The third kappa shape index (κ3) is 3.55. The molecule has 2 rings (SSSR count). The van der Waals surface area contributed by atoms with E-state index in [0.29, 0.717) is 17.9 Å². The van der Waals surface area contributed by atoms with Crippen LogP contribution in [0.1, 0.15) is 22.3 Å². The Bertz CT molecular complexity index is 682. The molecular formula is C17H17FO4. The average Bonchev–Trinajstić information content (AvgIpc) is 2.54. The second-order valence-corrected chi connectivity index (χ2v) is 4.77. The van der Waals surface area contributed by atoms with E-state index in [-0.39, 0.29) is 23.5 Å². The molecule has 2 aromatic carbocycles. The zero-order chi connectivity index (χ0) is 16.1. The number of halogens is 1. The molecule has 0 radical (unpaired) electrons. The monoisotopic (exact) mass is 304 g/mol. The van der Waals surface area contributed by atoms with Gasteiger partial charge in [-0.1, -0.05) is 6.07 Å². The van der Waals surface area contributed by atoms with Crippen molar-refractivity contribution in [2.75, 3.05) is 14.2 Å². The molecule has 0 bridgehead atoms. The first kappa shape index (κ1) is 15.8. The van der Waals surface area contributed by atoms with Gasteiger partial charge in [0.2, 0.25) is 0 Å². The molecule has 5 heteroatoms. The molecule has 0 aliphatic carbocycles. The van der Waals surface area contributed by atoms with Gasteiger partial charge in [0.1, 0.15) is 11.6 Å². The number of rotatable bonds is 6. The topological polar surface area (TPSA) is 55.8 Å². The predicted molar refractivity (Wildman–Crippen MR) is 80.3 cm³/mol. The van der Waals surface area contributed by atoms with E-state index in [9.17, 15) is 14.3 Å². The summed E-state index contributed by atoms with van der Waals surface area (Å²) in [5, 5.41) is 9.63. The third-order valence-electron chi connectivity index (χ3n) is 3.35. The fraction of sp³-hybridized carbons (Fsp3) is 0.235. The van der Waals surface area contributed by atoms with Gasteiger partial charge in [-0.25, -0.2) is 4.39 Å². The quantitative estimate of drug-likeness (QED) is 0.831. The van der Waals surface area contributed by atoms with Crippen molar-refractivity contribution in [2.24, 2.45) is 0 Å². The Balaban J connectivity index is 2.09. The molecule has 0 fully saturated rings. The standard InChI is InChI=1S/C17H17FO4/c1-21-16-8-4-11(9-17(16)22-2)3-6-14(19)13-10-12(18)5-7-15(13)20/h4-5,7-10,20H,3,6H2,1-2H3. The van der Waals surface area contributed by atoms with Gasteiger partial charge in [0.05, 0.1) is 19.8 Å². The van der Waals surface area contributed by atoms with E-state index in [1.807, 2.05) is 6.07 Å². The highest BCUT2D eigenvalue weighted by Gasteiger charge is 2.13. The SMILES string of the molecule is COc1ccc(CCC(=O)c2cc(F)ccc2O)cc1OC. The Labute approximate surface area is 128 Å². The van der Waals surface area contributed by atoms with E-state index in [0.717, 1.165) is 17.7 Å². The number of ketones is 1. The number of aromatic hydroxyl groups is 1. The lowest BCUT2D eigenvalue weighted by Gasteiger charge is -2.09. The van der Waals surface area contributed by atoms with E-state index in [2.05, 4.69) is 0 Å². The number of hydrogen-bond donors (Lipinski definition) is 1. The molecule has 0 aliphatic rings. The number of hydrogen-bond acceptors (Lipinski definition) is 4. The van der Waals surface area contributed by atoms with E-state index < -0.39 is 5.82 Å². The second kappa shape index (κ2) is 6.93. The van der Waals surface area contributed by atoms with Crippen LogP contribution in [0.3, 0.4) is 0 Å². The molecule has 0 aromatic heterocycles. The van der Waals surface area contributed by atoms with Crippen molar-refractivity contribution >= 4 is 5.78 Å². The first-order valence-corrected chi connectivity index (χ1v) is 6.77. The molecule has 22 heavy (non-hydrogen) atoms. The highest BCUT2D eigenvalue weighted by molar-refractivity contribution is 5.98. The van der Waals surface area contributed by atoms with Gasteiger partial charge in [0.25, 0.3) is 0 Å². The average molecular weight is 304 g/mol.